The second kappa shape index (κ2) is 8.49. The van der Waals surface area contributed by atoms with Gasteiger partial charge >= 0.3 is 0 Å². The quantitative estimate of drug-likeness (QED) is 0.550. The fourth-order valence-corrected chi connectivity index (χ4v) is 3.41. The van der Waals surface area contributed by atoms with E-state index in [1.165, 1.54) is 23.1 Å². The average molecular weight is 314 g/mol. The number of rotatable bonds is 6. The van der Waals surface area contributed by atoms with Crippen LogP contribution in [0, 0.1) is 0 Å². The molecular weight excluding hydrogens is 288 g/mol. The van der Waals surface area contributed by atoms with Gasteiger partial charge in [-0.3, -0.25) is 0 Å². The summed E-state index contributed by atoms with van der Waals surface area (Å²) in [7, 11) is 0. The maximum Gasteiger partial charge on any atom is -0.00975 e. The first-order valence-corrected chi connectivity index (χ1v) is 8.95. The van der Waals surface area contributed by atoms with Crippen LogP contribution in [-0.2, 0) is 0 Å². The molecular formula is C24H26. The third kappa shape index (κ3) is 4.58. The Morgan fingerprint density at radius 3 is 2.17 bits per heavy atom. The fourth-order valence-electron chi connectivity index (χ4n) is 3.41. The molecule has 0 saturated heterocycles. The van der Waals surface area contributed by atoms with Crippen molar-refractivity contribution in [1.82, 2.24) is 0 Å². The van der Waals surface area contributed by atoms with E-state index in [1.54, 1.807) is 0 Å². The summed E-state index contributed by atoms with van der Waals surface area (Å²) in [5.41, 5.74) is 4.32. The summed E-state index contributed by atoms with van der Waals surface area (Å²) in [6, 6.07) is 21.9. The van der Waals surface area contributed by atoms with Crippen LogP contribution in [0.15, 0.2) is 96.6 Å². The van der Waals surface area contributed by atoms with Crippen LogP contribution >= 0.6 is 0 Å². The van der Waals surface area contributed by atoms with Gasteiger partial charge < -0.3 is 0 Å². The first kappa shape index (κ1) is 16.5. The molecule has 122 valence electrons. The lowest BCUT2D eigenvalue weighted by atomic mass is 9.83. The molecule has 0 heteroatoms. The first-order chi connectivity index (χ1) is 11.8. The molecule has 2 aromatic rings. The van der Waals surface area contributed by atoms with Crippen molar-refractivity contribution in [2.75, 3.05) is 0 Å². The second-order valence-corrected chi connectivity index (χ2v) is 6.66. The van der Waals surface area contributed by atoms with Gasteiger partial charge in [0.15, 0.2) is 0 Å². The molecule has 1 aliphatic carbocycles. The highest BCUT2D eigenvalue weighted by atomic mass is 14.2. The van der Waals surface area contributed by atoms with Crippen molar-refractivity contribution >= 4 is 0 Å². The Kier molecular flexibility index (Phi) is 5.85. The van der Waals surface area contributed by atoms with Crippen LogP contribution in [-0.4, -0.2) is 0 Å². The van der Waals surface area contributed by atoms with Crippen LogP contribution in [0.25, 0.3) is 0 Å². The van der Waals surface area contributed by atoms with E-state index in [9.17, 15) is 0 Å². The van der Waals surface area contributed by atoms with Crippen molar-refractivity contribution in [1.29, 1.82) is 0 Å². The molecule has 0 nitrogen and oxygen atoms in total. The summed E-state index contributed by atoms with van der Waals surface area (Å²) >= 11 is 0. The van der Waals surface area contributed by atoms with Gasteiger partial charge in [-0.25, -0.2) is 0 Å². The Morgan fingerprint density at radius 1 is 0.875 bits per heavy atom. The fraction of sp³-hybridized carbons (Fsp3) is 0.250. The molecule has 0 fully saturated rings. The van der Waals surface area contributed by atoms with E-state index >= 15 is 0 Å². The maximum absolute atomic E-state index is 2.43. The molecule has 0 saturated carbocycles. The van der Waals surface area contributed by atoms with Gasteiger partial charge in [-0.05, 0) is 47.8 Å². The Labute approximate surface area is 146 Å². The molecule has 24 heavy (non-hydrogen) atoms. The van der Waals surface area contributed by atoms with E-state index in [2.05, 4.69) is 98.0 Å². The molecule has 0 radical (unpaired) electrons. The largest absolute Gasteiger partial charge is 0.0804 e. The molecule has 0 heterocycles. The van der Waals surface area contributed by atoms with Crippen LogP contribution in [0.1, 0.15) is 49.1 Å². The molecule has 2 atom stereocenters. The zero-order valence-corrected chi connectivity index (χ0v) is 14.4. The van der Waals surface area contributed by atoms with Crippen LogP contribution in [0.3, 0.4) is 0 Å². The Morgan fingerprint density at radius 2 is 1.54 bits per heavy atom. The van der Waals surface area contributed by atoms with Crippen molar-refractivity contribution in [3.05, 3.63) is 108 Å². The third-order valence-corrected chi connectivity index (χ3v) is 4.85. The van der Waals surface area contributed by atoms with Crippen LogP contribution < -0.4 is 0 Å². The van der Waals surface area contributed by atoms with Crippen molar-refractivity contribution in [3.8, 4) is 0 Å². The van der Waals surface area contributed by atoms with E-state index in [0.717, 1.165) is 12.8 Å². The van der Waals surface area contributed by atoms with E-state index in [4.69, 9.17) is 0 Å². The van der Waals surface area contributed by atoms with E-state index in [-0.39, 0.29) is 0 Å². The number of benzene rings is 2. The van der Waals surface area contributed by atoms with Gasteiger partial charge in [0, 0.05) is 0 Å². The topological polar surface area (TPSA) is 0 Å². The Balaban J connectivity index is 1.75. The summed E-state index contributed by atoms with van der Waals surface area (Å²) in [4.78, 5) is 0. The highest BCUT2D eigenvalue weighted by molar-refractivity contribution is 5.31. The highest BCUT2D eigenvalue weighted by Gasteiger charge is 2.16. The van der Waals surface area contributed by atoms with Gasteiger partial charge in [0.2, 0.25) is 0 Å². The minimum atomic E-state index is 0.563. The van der Waals surface area contributed by atoms with E-state index in [0.29, 0.717) is 11.8 Å². The smallest absolute Gasteiger partial charge is 0.00975 e. The summed E-state index contributed by atoms with van der Waals surface area (Å²) in [6.45, 7) is 2.35. The summed E-state index contributed by atoms with van der Waals surface area (Å²) < 4.78 is 0. The average Bonchev–Trinajstić information content (AvgIpc) is 2.67. The molecule has 2 aromatic carbocycles. The van der Waals surface area contributed by atoms with Gasteiger partial charge in [0.1, 0.15) is 0 Å². The predicted octanol–water partition coefficient (Wildman–Crippen LogP) is 6.80. The van der Waals surface area contributed by atoms with Crippen molar-refractivity contribution < 1.29 is 0 Å². The molecule has 0 spiro atoms. The molecule has 0 bridgehead atoms. The first-order valence-electron chi connectivity index (χ1n) is 8.95. The molecule has 1 aliphatic rings. The summed E-state index contributed by atoms with van der Waals surface area (Å²) in [5, 5.41) is 0. The lowest BCUT2D eigenvalue weighted by Crippen LogP contribution is -2.04. The van der Waals surface area contributed by atoms with E-state index < -0.39 is 0 Å². The zero-order valence-electron chi connectivity index (χ0n) is 14.4. The van der Waals surface area contributed by atoms with Gasteiger partial charge in [-0.2, -0.15) is 0 Å². The highest BCUT2D eigenvalue weighted by Crippen LogP contribution is 2.33. The van der Waals surface area contributed by atoms with Gasteiger partial charge in [-0.1, -0.05) is 98.0 Å². The molecule has 0 aliphatic heterocycles. The zero-order chi connectivity index (χ0) is 16.6. The number of hydrogen-bond acceptors (Lipinski definition) is 0. The standard InChI is InChI=1S/C24H26/c1-20(22-13-7-3-8-14-22)19-24(23-15-9-4-10-16-23)18-17-21-11-5-2-6-12-21/h2-11,13-17,20,24H,12,18-19H2,1H3. The van der Waals surface area contributed by atoms with Crippen LogP contribution in [0.4, 0.5) is 0 Å². The molecule has 0 amide bonds. The minimum Gasteiger partial charge on any atom is -0.0804 e. The third-order valence-electron chi connectivity index (χ3n) is 4.85. The second-order valence-electron chi connectivity index (χ2n) is 6.66. The SMILES string of the molecule is CC(CC(CC=C1C=CC=CC1)c1ccccc1)c1ccccc1. The number of allylic oxidation sites excluding steroid dienone is 6. The Hall–Kier alpha value is -2.34. The summed E-state index contributed by atoms with van der Waals surface area (Å²) in [6.07, 6.45) is 14.5. The predicted molar refractivity (Wildman–Crippen MR) is 104 cm³/mol. The lowest BCUT2D eigenvalue weighted by molar-refractivity contribution is 0.561. The van der Waals surface area contributed by atoms with Crippen LogP contribution in [0.5, 0.6) is 0 Å². The van der Waals surface area contributed by atoms with Crippen LogP contribution in [0.2, 0.25) is 0 Å². The molecule has 0 aromatic heterocycles. The molecule has 3 rings (SSSR count). The van der Waals surface area contributed by atoms with Crippen molar-refractivity contribution in [2.24, 2.45) is 0 Å². The maximum atomic E-state index is 2.43. The lowest BCUT2D eigenvalue weighted by Gasteiger charge is -2.21. The molecule has 2 unspecified atom stereocenters. The monoisotopic (exact) mass is 314 g/mol. The van der Waals surface area contributed by atoms with Gasteiger partial charge in [0.25, 0.3) is 0 Å². The molecule has 0 N–H and O–H groups in total. The summed E-state index contributed by atoms with van der Waals surface area (Å²) in [5.74, 6) is 1.13. The number of hydrogen-bond donors (Lipinski definition) is 0. The van der Waals surface area contributed by atoms with Gasteiger partial charge in [-0.15, -0.1) is 0 Å². The van der Waals surface area contributed by atoms with Crippen molar-refractivity contribution in [3.63, 3.8) is 0 Å². The van der Waals surface area contributed by atoms with E-state index in [1.807, 2.05) is 0 Å². The Bertz CT molecular complexity index is 704. The van der Waals surface area contributed by atoms with Crippen molar-refractivity contribution in [2.45, 2.75) is 38.0 Å². The normalized spacial score (nSPS) is 17.8. The minimum absolute atomic E-state index is 0.563. The van der Waals surface area contributed by atoms with Gasteiger partial charge in [0.05, 0.1) is 0 Å².